The summed E-state index contributed by atoms with van der Waals surface area (Å²) in [6.45, 7) is 6.57. The summed E-state index contributed by atoms with van der Waals surface area (Å²) in [5, 5.41) is 0.136. The van der Waals surface area contributed by atoms with Gasteiger partial charge in [0, 0.05) is 0 Å². The van der Waals surface area contributed by atoms with E-state index in [4.69, 9.17) is 16.3 Å². The lowest BCUT2D eigenvalue weighted by molar-refractivity contribution is 0.0810. The Morgan fingerprint density at radius 2 is 1.88 bits per heavy atom. The Balaban J connectivity index is 2.93. The van der Waals surface area contributed by atoms with Crippen molar-refractivity contribution >= 4 is 11.6 Å². The van der Waals surface area contributed by atoms with Crippen LogP contribution in [0.15, 0.2) is 0 Å². The van der Waals surface area contributed by atoms with Crippen molar-refractivity contribution in [2.45, 2.75) is 32.3 Å². The van der Waals surface area contributed by atoms with Gasteiger partial charge in [0.05, 0.1) is 18.1 Å². The third-order valence-electron chi connectivity index (χ3n) is 0.659. The zero-order chi connectivity index (χ0) is 6.57. The molecular formula is C6H13ClO. The Labute approximate surface area is 56.0 Å². The summed E-state index contributed by atoms with van der Waals surface area (Å²) in [7, 11) is 0. The van der Waals surface area contributed by atoms with E-state index in [2.05, 4.69) is 0 Å². The molecule has 50 valence electrons. The third kappa shape index (κ3) is 6.25. The smallest absolute Gasteiger partial charge is 0.0630 e. The van der Waals surface area contributed by atoms with E-state index in [1.54, 1.807) is 0 Å². The average Bonchev–Trinajstić information content (AvgIpc) is 1.61. The van der Waals surface area contributed by atoms with E-state index in [1.165, 1.54) is 0 Å². The van der Waals surface area contributed by atoms with E-state index in [0.717, 1.165) is 0 Å². The summed E-state index contributed by atoms with van der Waals surface area (Å²) in [5.41, 5.74) is 0. The zero-order valence-electron chi connectivity index (χ0n) is 5.65. The fourth-order valence-corrected chi connectivity index (χ4v) is 0.398. The molecule has 0 heterocycles. The van der Waals surface area contributed by atoms with E-state index >= 15 is 0 Å². The minimum absolute atomic E-state index is 0.136. The van der Waals surface area contributed by atoms with Crippen LogP contribution in [-0.4, -0.2) is 18.1 Å². The highest BCUT2D eigenvalue weighted by molar-refractivity contribution is 6.20. The van der Waals surface area contributed by atoms with E-state index < -0.39 is 0 Å². The molecule has 0 amide bonds. The molecule has 0 saturated heterocycles. The summed E-state index contributed by atoms with van der Waals surface area (Å²) < 4.78 is 5.17. The first-order valence-electron chi connectivity index (χ1n) is 2.88. The largest absolute Gasteiger partial charge is 0.377 e. The monoisotopic (exact) mass is 136 g/mol. The van der Waals surface area contributed by atoms with Crippen molar-refractivity contribution in [1.29, 1.82) is 0 Å². The van der Waals surface area contributed by atoms with E-state index in [0.29, 0.717) is 12.7 Å². The molecule has 0 spiro atoms. The van der Waals surface area contributed by atoms with Gasteiger partial charge in [0.2, 0.25) is 0 Å². The average molecular weight is 137 g/mol. The zero-order valence-corrected chi connectivity index (χ0v) is 6.40. The van der Waals surface area contributed by atoms with Crippen molar-refractivity contribution in [2.24, 2.45) is 0 Å². The molecule has 0 radical (unpaired) electrons. The van der Waals surface area contributed by atoms with Gasteiger partial charge in [-0.3, -0.25) is 0 Å². The lowest BCUT2D eigenvalue weighted by Crippen LogP contribution is -2.10. The fourth-order valence-electron chi connectivity index (χ4n) is 0.325. The second-order valence-electron chi connectivity index (χ2n) is 2.16. The van der Waals surface area contributed by atoms with Gasteiger partial charge in [-0.15, -0.1) is 11.6 Å². The van der Waals surface area contributed by atoms with Gasteiger partial charge in [-0.1, -0.05) is 0 Å². The number of rotatable bonds is 3. The number of hydrogen-bond acceptors (Lipinski definition) is 1. The first-order chi connectivity index (χ1) is 3.63. The molecule has 0 aliphatic carbocycles. The molecule has 0 rings (SSSR count). The van der Waals surface area contributed by atoms with Crippen LogP contribution >= 0.6 is 11.6 Å². The van der Waals surface area contributed by atoms with Crippen LogP contribution in [0, 0.1) is 0 Å². The van der Waals surface area contributed by atoms with Gasteiger partial charge in [-0.05, 0) is 20.8 Å². The van der Waals surface area contributed by atoms with E-state index in [1.807, 2.05) is 20.8 Å². The van der Waals surface area contributed by atoms with Gasteiger partial charge < -0.3 is 4.74 Å². The molecular weight excluding hydrogens is 124 g/mol. The minimum Gasteiger partial charge on any atom is -0.377 e. The van der Waals surface area contributed by atoms with Crippen LogP contribution in [0.1, 0.15) is 20.8 Å². The molecule has 0 aliphatic rings. The van der Waals surface area contributed by atoms with Crippen LogP contribution in [0.25, 0.3) is 0 Å². The predicted octanol–water partition coefficient (Wildman–Crippen LogP) is 2.04. The molecule has 2 heteroatoms. The maximum atomic E-state index is 5.60. The second-order valence-corrected chi connectivity index (χ2v) is 2.91. The second kappa shape index (κ2) is 4.16. The first-order valence-corrected chi connectivity index (χ1v) is 3.32. The van der Waals surface area contributed by atoms with Crippen LogP contribution in [0.2, 0.25) is 0 Å². The fraction of sp³-hybridized carbons (Fsp3) is 1.00. The lowest BCUT2D eigenvalue weighted by atomic mass is 10.4. The van der Waals surface area contributed by atoms with Crippen molar-refractivity contribution in [3.05, 3.63) is 0 Å². The van der Waals surface area contributed by atoms with Crippen molar-refractivity contribution in [3.8, 4) is 0 Å². The molecule has 0 aromatic rings. The highest BCUT2D eigenvalue weighted by atomic mass is 35.5. The van der Waals surface area contributed by atoms with E-state index in [9.17, 15) is 0 Å². The number of ether oxygens (including phenoxy) is 1. The summed E-state index contributed by atoms with van der Waals surface area (Å²) in [4.78, 5) is 0. The summed E-state index contributed by atoms with van der Waals surface area (Å²) in [6, 6.07) is 0. The number of halogens is 1. The normalized spacial score (nSPS) is 14.6. The molecule has 0 aromatic heterocycles. The molecule has 1 atom stereocenters. The van der Waals surface area contributed by atoms with Gasteiger partial charge in [0.1, 0.15) is 0 Å². The molecule has 1 unspecified atom stereocenters. The quantitative estimate of drug-likeness (QED) is 0.540. The van der Waals surface area contributed by atoms with Crippen LogP contribution in [-0.2, 0) is 4.74 Å². The standard InChI is InChI=1S/C6H13ClO/c1-5(2)8-4-6(3)7/h5-6H,4H2,1-3H3. The van der Waals surface area contributed by atoms with Gasteiger partial charge in [0.15, 0.2) is 0 Å². The van der Waals surface area contributed by atoms with Gasteiger partial charge in [-0.25, -0.2) is 0 Å². The third-order valence-corrected chi connectivity index (χ3v) is 0.785. The van der Waals surface area contributed by atoms with Gasteiger partial charge >= 0.3 is 0 Å². The SMILES string of the molecule is CC(Cl)COC(C)C. The molecule has 0 aromatic carbocycles. The molecule has 0 bridgehead atoms. The van der Waals surface area contributed by atoms with Crippen LogP contribution in [0.5, 0.6) is 0 Å². The Morgan fingerprint density at radius 3 is 2.00 bits per heavy atom. The maximum absolute atomic E-state index is 5.60. The summed E-state index contributed by atoms with van der Waals surface area (Å²) >= 11 is 5.60. The highest BCUT2D eigenvalue weighted by Crippen LogP contribution is 1.96. The predicted molar refractivity (Wildman–Crippen MR) is 36.4 cm³/mol. The molecule has 0 saturated carbocycles. The van der Waals surface area contributed by atoms with Crippen LogP contribution in [0.3, 0.4) is 0 Å². The Hall–Kier alpha value is 0.250. The summed E-state index contributed by atoms with van der Waals surface area (Å²) in [5.74, 6) is 0. The first kappa shape index (κ1) is 8.25. The minimum atomic E-state index is 0.136. The maximum Gasteiger partial charge on any atom is 0.0630 e. The Kier molecular flexibility index (Phi) is 4.29. The van der Waals surface area contributed by atoms with Crippen molar-refractivity contribution in [2.75, 3.05) is 6.61 Å². The van der Waals surface area contributed by atoms with Crippen LogP contribution < -0.4 is 0 Å². The van der Waals surface area contributed by atoms with Crippen molar-refractivity contribution < 1.29 is 4.74 Å². The van der Waals surface area contributed by atoms with Gasteiger partial charge in [-0.2, -0.15) is 0 Å². The van der Waals surface area contributed by atoms with Crippen molar-refractivity contribution in [1.82, 2.24) is 0 Å². The molecule has 0 aliphatic heterocycles. The Bertz CT molecular complexity index is 44.5. The van der Waals surface area contributed by atoms with Crippen molar-refractivity contribution in [3.63, 3.8) is 0 Å². The number of hydrogen-bond donors (Lipinski definition) is 0. The lowest BCUT2D eigenvalue weighted by Gasteiger charge is -2.07. The molecule has 0 fully saturated rings. The van der Waals surface area contributed by atoms with Gasteiger partial charge in [0.25, 0.3) is 0 Å². The highest BCUT2D eigenvalue weighted by Gasteiger charge is 1.96. The summed E-state index contributed by atoms with van der Waals surface area (Å²) in [6.07, 6.45) is 0.302. The Morgan fingerprint density at radius 1 is 1.38 bits per heavy atom. The number of alkyl halides is 1. The van der Waals surface area contributed by atoms with E-state index in [-0.39, 0.29) is 5.38 Å². The van der Waals surface area contributed by atoms with Crippen LogP contribution in [0.4, 0.5) is 0 Å². The molecule has 8 heavy (non-hydrogen) atoms. The topological polar surface area (TPSA) is 9.23 Å². The molecule has 0 N–H and O–H groups in total. The molecule has 1 nitrogen and oxygen atoms in total.